The standard InChI is InChI=1S/C16H20N2/c1-13(2)10-14-5-7-15(8-6-14)11-18-16-4-3-9-17-12-16/h3-9,12-13,18H,10-11H2,1-2H3. The number of hydrogen-bond donors (Lipinski definition) is 1. The largest absolute Gasteiger partial charge is 0.380 e. The molecule has 0 aliphatic carbocycles. The van der Waals surface area contributed by atoms with E-state index in [1.807, 2.05) is 18.3 Å². The first-order chi connectivity index (χ1) is 8.74. The van der Waals surface area contributed by atoms with Gasteiger partial charge in [-0.05, 0) is 35.6 Å². The second kappa shape index (κ2) is 6.20. The van der Waals surface area contributed by atoms with Crippen molar-refractivity contribution in [3.05, 3.63) is 59.9 Å². The van der Waals surface area contributed by atoms with E-state index in [2.05, 4.69) is 48.4 Å². The summed E-state index contributed by atoms with van der Waals surface area (Å²) in [6, 6.07) is 12.8. The smallest absolute Gasteiger partial charge is 0.0529 e. The Balaban J connectivity index is 1.90. The second-order valence-electron chi connectivity index (χ2n) is 5.01. The van der Waals surface area contributed by atoms with Crippen LogP contribution in [-0.2, 0) is 13.0 Å². The van der Waals surface area contributed by atoms with Crippen LogP contribution in [-0.4, -0.2) is 4.98 Å². The highest BCUT2D eigenvalue weighted by atomic mass is 14.9. The fourth-order valence-corrected chi connectivity index (χ4v) is 1.94. The molecule has 2 aromatic rings. The molecule has 0 radical (unpaired) electrons. The Morgan fingerprint density at radius 1 is 1.06 bits per heavy atom. The maximum Gasteiger partial charge on any atom is 0.0529 e. The Morgan fingerprint density at radius 2 is 1.78 bits per heavy atom. The number of benzene rings is 1. The maximum absolute atomic E-state index is 4.08. The van der Waals surface area contributed by atoms with E-state index in [0.29, 0.717) is 5.92 Å². The minimum absolute atomic E-state index is 0.712. The van der Waals surface area contributed by atoms with Crippen LogP contribution in [0.15, 0.2) is 48.8 Å². The van der Waals surface area contributed by atoms with Crippen molar-refractivity contribution in [1.82, 2.24) is 4.98 Å². The lowest BCUT2D eigenvalue weighted by Gasteiger charge is -2.08. The van der Waals surface area contributed by atoms with Crippen LogP contribution in [0.3, 0.4) is 0 Å². The molecule has 0 fully saturated rings. The van der Waals surface area contributed by atoms with E-state index in [1.54, 1.807) is 6.20 Å². The predicted octanol–water partition coefficient (Wildman–Crippen LogP) is 3.89. The summed E-state index contributed by atoms with van der Waals surface area (Å²) in [6.07, 6.45) is 4.77. The molecule has 1 N–H and O–H groups in total. The van der Waals surface area contributed by atoms with Gasteiger partial charge in [-0.3, -0.25) is 4.98 Å². The quantitative estimate of drug-likeness (QED) is 0.857. The Labute approximate surface area is 109 Å². The first kappa shape index (κ1) is 12.6. The van der Waals surface area contributed by atoms with Crippen LogP contribution in [0.4, 0.5) is 5.69 Å². The van der Waals surface area contributed by atoms with Crippen molar-refractivity contribution in [2.45, 2.75) is 26.8 Å². The van der Waals surface area contributed by atoms with Gasteiger partial charge in [0.15, 0.2) is 0 Å². The first-order valence-electron chi connectivity index (χ1n) is 6.46. The summed E-state index contributed by atoms with van der Waals surface area (Å²) < 4.78 is 0. The molecule has 1 aromatic carbocycles. The SMILES string of the molecule is CC(C)Cc1ccc(CNc2cccnc2)cc1. The van der Waals surface area contributed by atoms with Crippen LogP contribution in [0.25, 0.3) is 0 Å². The number of nitrogens with one attached hydrogen (secondary N) is 1. The minimum Gasteiger partial charge on any atom is -0.380 e. The number of rotatable bonds is 5. The molecule has 1 heterocycles. The Hall–Kier alpha value is -1.83. The molecule has 0 atom stereocenters. The lowest BCUT2D eigenvalue weighted by Crippen LogP contribution is -2.00. The van der Waals surface area contributed by atoms with Crippen LogP contribution in [0.2, 0.25) is 0 Å². The molecule has 18 heavy (non-hydrogen) atoms. The van der Waals surface area contributed by atoms with Crippen LogP contribution < -0.4 is 5.32 Å². The highest BCUT2D eigenvalue weighted by Crippen LogP contribution is 2.11. The summed E-state index contributed by atoms with van der Waals surface area (Å²) in [6.45, 7) is 5.34. The maximum atomic E-state index is 4.08. The monoisotopic (exact) mass is 240 g/mol. The molecular weight excluding hydrogens is 220 g/mol. The Kier molecular flexibility index (Phi) is 4.35. The van der Waals surface area contributed by atoms with Gasteiger partial charge in [-0.25, -0.2) is 0 Å². The predicted molar refractivity (Wildman–Crippen MR) is 76.5 cm³/mol. The fraction of sp³-hybridized carbons (Fsp3) is 0.312. The van der Waals surface area contributed by atoms with E-state index < -0.39 is 0 Å². The third kappa shape index (κ3) is 3.88. The summed E-state index contributed by atoms with van der Waals surface area (Å²) in [5.74, 6) is 0.712. The van der Waals surface area contributed by atoms with Crippen molar-refractivity contribution in [2.75, 3.05) is 5.32 Å². The topological polar surface area (TPSA) is 24.9 Å². The van der Waals surface area contributed by atoms with Crippen LogP contribution >= 0.6 is 0 Å². The van der Waals surface area contributed by atoms with Crippen LogP contribution in [0, 0.1) is 5.92 Å². The number of anilines is 1. The molecule has 0 bridgehead atoms. The van der Waals surface area contributed by atoms with E-state index in [1.165, 1.54) is 11.1 Å². The van der Waals surface area contributed by atoms with Crippen LogP contribution in [0.5, 0.6) is 0 Å². The number of hydrogen-bond acceptors (Lipinski definition) is 2. The van der Waals surface area contributed by atoms with Crippen LogP contribution in [0.1, 0.15) is 25.0 Å². The number of pyridine rings is 1. The van der Waals surface area contributed by atoms with E-state index in [-0.39, 0.29) is 0 Å². The van der Waals surface area contributed by atoms with Gasteiger partial charge in [-0.2, -0.15) is 0 Å². The Bertz CT molecular complexity index is 460. The van der Waals surface area contributed by atoms with E-state index in [0.717, 1.165) is 18.7 Å². The van der Waals surface area contributed by atoms with Gasteiger partial charge in [0, 0.05) is 18.9 Å². The highest BCUT2D eigenvalue weighted by Gasteiger charge is 1.98. The van der Waals surface area contributed by atoms with Gasteiger partial charge in [0.05, 0.1) is 5.69 Å². The zero-order valence-corrected chi connectivity index (χ0v) is 11.1. The molecule has 0 amide bonds. The molecule has 94 valence electrons. The molecular formula is C16H20N2. The van der Waals surface area contributed by atoms with Gasteiger partial charge in [0.2, 0.25) is 0 Å². The second-order valence-corrected chi connectivity index (χ2v) is 5.01. The van der Waals surface area contributed by atoms with Crippen molar-refractivity contribution in [3.63, 3.8) is 0 Å². The summed E-state index contributed by atoms with van der Waals surface area (Å²) in [5.41, 5.74) is 3.77. The molecule has 0 unspecified atom stereocenters. The molecule has 2 rings (SSSR count). The average molecular weight is 240 g/mol. The molecule has 2 heteroatoms. The van der Waals surface area contributed by atoms with Gasteiger partial charge in [-0.1, -0.05) is 38.1 Å². The first-order valence-corrected chi connectivity index (χ1v) is 6.46. The van der Waals surface area contributed by atoms with Gasteiger partial charge >= 0.3 is 0 Å². The number of aromatic nitrogens is 1. The Morgan fingerprint density at radius 3 is 2.39 bits per heavy atom. The summed E-state index contributed by atoms with van der Waals surface area (Å²) in [7, 11) is 0. The minimum atomic E-state index is 0.712. The average Bonchev–Trinajstić information content (AvgIpc) is 2.38. The van der Waals surface area contributed by atoms with E-state index in [9.17, 15) is 0 Å². The van der Waals surface area contributed by atoms with Gasteiger partial charge in [0.25, 0.3) is 0 Å². The van der Waals surface area contributed by atoms with Crippen molar-refractivity contribution >= 4 is 5.69 Å². The van der Waals surface area contributed by atoms with Crippen molar-refractivity contribution in [3.8, 4) is 0 Å². The lowest BCUT2D eigenvalue weighted by molar-refractivity contribution is 0.647. The fourth-order valence-electron chi connectivity index (χ4n) is 1.94. The molecule has 0 spiro atoms. The molecule has 0 aliphatic rings. The third-order valence-corrected chi connectivity index (χ3v) is 2.83. The molecule has 0 aliphatic heterocycles. The highest BCUT2D eigenvalue weighted by molar-refractivity contribution is 5.40. The lowest BCUT2D eigenvalue weighted by atomic mass is 10.0. The van der Waals surface area contributed by atoms with Crippen molar-refractivity contribution in [2.24, 2.45) is 5.92 Å². The van der Waals surface area contributed by atoms with Crippen molar-refractivity contribution < 1.29 is 0 Å². The molecule has 0 saturated carbocycles. The molecule has 2 nitrogen and oxygen atoms in total. The summed E-state index contributed by atoms with van der Waals surface area (Å²) >= 11 is 0. The van der Waals surface area contributed by atoms with E-state index in [4.69, 9.17) is 0 Å². The molecule has 1 aromatic heterocycles. The van der Waals surface area contributed by atoms with E-state index >= 15 is 0 Å². The third-order valence-electron chi connectivity index (χ3n) is 2.83. The van der Waals surface area contributed by atoms with Gasteiger partial charge < -0.3 is 5.32 Å². The van der Waals surface area contributed by atoms with Crippen molar-refractivity contribution in [1.29, 1.82) is 0 Å². The summed E-state index contributed by atoms with van der Waals surface area (Å²) in [5, 5.41) is 3.36. The zero-order chi connectivity index (χ0) is 12.8. The van der Waals surface area contributed by atoms with Gasteiger partial charge in [-0.15, -0.1) is 0 Å². The van der Waals surface area contributed by atoms with Gasteiger partial charge in [0.1, 0.15) is 0 Å². The number of nitrogens with zero attached hydrogens (tertiary/aromatic N) is 1. The zero-order valence-electron chi connectivity index (χ0n) is 11.1. The molecule has 0 saturated heterocycles. The summed E-state index contributed by atoms with van der Waals surface area (Å²) in [4.78, 5) is 4.08. The normalized spacial score (nSPS) is 10.6.